The number of benzene rings is 1. The minimum absolute atomic E-state index is 0.151. The summed E-state index contributed by atoms with van der Waals surface area (Å²) in [5, 5.41) is 3.73. The van der Waals surface area contributed by atoms with Crippen molar-refractivity contribution in [2.45, 2.75) is 12.8 Å². The summed E-state index contributed by atoms with van der Waals surface area (Å²) in [5.41, 5.74) is 3.26. The molecular weight excluding hydrogens is 242 g/mol. The van der Waals surface area contributed by atoms with Gasteiger partial charge >= 0.3 is 0 Å². The molecule has 0 spiro atoms. The van der Waals surface area contributed by atoms with Gasteiger partial charge in [0, 0.05) is 17.8 Å². The van der Waals surface area contributed by atoms with Crippen molar-refractivity contribution in [2.24, 2.45) is 0 Å². The summed E-state index contributed by atoms with van der Waals surface area (Å²) in [5.74, 6) is 0.151. The number of fused-ring (bicyclic) bond motifs is 1. The summed E-state index contributed by atoms with van der Waals surface area (Å²) in [4.78, 5) is 11.4. The first-order valence-electron chi connectivity index (χ1n) is 4.77. The van der Waals surface area contributed by atoms with E-state index < -0.39 is 0 Å². The highest BCUT2D eigenvalue weighted by Gasteiger charge is 2.11. The number of nitrogens with one attached hydrogen (secondary N) is 1. The first-order valence-corrected chi connectivity index (χ1v) is 5.89. The Balaban J connectivity index is 2.33. The van der Waals surface area contributed by atoms with Gasteiger partial charge in [-0.1, -0.05) is 15.9 Å². The molecule has 1 aromatic rings. The molecule has 2 nitrogen and oxygen atoms in total. The average Bonchev–Trinajstić information content (AvgIpc) is 2.27. The molecule has 1 aromatic carbocycles. The summed E-state index contributed by atoms with van der Waals surface area (Å²) in [6.07, 6.45) is 2.23. The van der Waals surface area contributed by atoms with E-state index in [0.717, 1.165) is 24.9 Å². The third kappa shape index (κ3) is 1.82. The van der Waals surface area contributed by atoms with Gasteiger partial charge in [-0.2, -0.15) is 0 Å². The molecule has 0 atom stereocenters. The van der Waals surface area contributed by atoms with Crippen molar-refractivity contribution in [1.29, 1.82) is 0 Å². The first kappa shape index (κ1) is 9.71. The number of carbonyl (C=O) groups excluding carboxylic acids is 1. The molecule has 1 aliphatic heterocycles. The number of ketones is 1. The van der Waals surface area contributed by atoms with Gasteiger partial charge in [0.2, 0.25) is 0 Å². The number of hydrogen-bond donors (Lipinski definition) is 1. The topological polar surface area (TPSA) is 29.1 Å². The van der Waals surface area contributed by atoms with Crippen LogP contribution < -0.4 is 5.32 Å². The van der Waals surface area contributed by atoms with Crippen molar-refractivity contribution in [3.8, 4) is 0 Å². The van der Waals surface area contributed by atoms with Crippen molar-refractivity contribution in [3.05, 3.63) is 29.3 Å². The zero-order valence-electron chi connectivity index (χ0n) is 7.85. The van der Waals surface area contributed by atoms with E-state index in [0.29, 0.717) is 5.33 Å². The molecule has 1 heterocycles. The molecule has 0 fully saturated rings. The van der Waals surface area contributed by atoms with E-state index in [1.54, 1.807) is 0 Å². The summed E-state index contributed by atoms with van der Waals surface area (Å²) in [7, 11) is 0. The Morgan fingerprint density at radius 2 is 2.36 bits per heavy atom. The fraction of sp³-hybridized carbons (Fsp3) is 0.364. The number of anilines is 1. The average molecular weight is 254 g/mol. The normalized spacial score (nSPS) is 14.4. The predicted molar refractivity (Wildman–Crippen MR) is 61.4 cm³/mol. The van der Waals surface area contributed by atoms with Crippen molar-refractivity contribution in [2.75, 3.05) is 17.2 Å². The SMILES string of the molecule is O=C(CBr)c1ccc2c(c1)CCCN2. The second kappa shape index (κ2) is 4.13. The molecule has 14 heavy (non-hydrogen) atoms. The highest BCUT2D eigenvalue weighted by Crippen LogP contribution is 2.23. The maximum Gasteiger partial charge on any atom is 0.173 e. The molecule has 0 radical (unpaired) electrons. The van der Waals surface area contributed by atoms with E-state index in [1.165, 1.54) is 11.3 Å². The Kier molecular flexibility index (Phi) is 2.87. The number of rotatable bonds is 2. The summed E-state index contributed by atoms with van der Waals surface area (Å²) in [6.45, 7) is 1.04. The Labute approximate surface area is 91.8 Å². The lowest BCUT2D eigenvalue weighted by Gasteiger charge is -2.18. The van der Waals surface area contributed by atoms with Gasteiger partial charge in [-0.05, 0) is 36.6 Å². The zero-order chi connectivity index (χ0) is 9.97. The lowest BCUT2D eigenvalue weighted by Crippen LogP contribution is -2.12. The van der Waals surface area contributed by atoms with Crippen molar-refractivity contribution >= 4 is 27.4 Å². The van der Waals surface area contributed by atoms with Crippen LogP contribution in [0.4, 0.5) is 5.69 Å². The van der Waals surface area contributed by atoms with Crippen molar-refractivity contribution in [3.63, 3.8) is 0 Å². The van der Waals surface area contributed by atoms with Crippen LogP contribution in [-0.2, 0) is 6.42 Å². The van der Waals surface area contributed by atoms with Gasteiger partial charge in [0.05, 0.1) is 5.33 Å². The third-order valence-electron chi connectivity index (χ3n) is 2.49. The number of halogens is 1. The number of aryl methyl sites for hydroxylation is 1. The van der Waals surface area contributed by atoms with E-state index in [9.17, 15) is 4.79 Å². The van der Waals surface area contributed by atoms with Crippen LogP contribution in [0, 0.1) is 0 Å². The second-order valence-electron chi connectivity index (χ2n) is 3.46. The minimum Gasteiger partial charge on any atom is -0.385 e. The molecule has 0 bridgehead atoms. The van der Waals surface area contributed by atoms with Gasteiger partial charge < -0.3 is 5.32 Å². The molecule has 3 heteroatoms. The summed E-state index contributed by atoms with van der Waals surface area (Å²) < 4.78 is 0. The standard InChI is InChI=1S/C11H12BrNO/c12-7-11(14)9-3-4-10-8(6-9)2-1-5-13-10/h3-4,6,13H,1-2,5,7H2. The van der Waals surface area contributed by atoms with Crippen LogP contribution in [-0.4, -0.2) is 17.7 Å². The van der Waals surface area contributed by atoms with E-state index in [-0.39, 0.29) is 5.78 Å². The van der Waals surface area contributed by atoms with Gasteiger partial charge in [0.15, 0.2) is 5.78 Å². The molecule has 0 saturated heterocycles. The second-order valence-corrected chi connectivity index (χ2v) is 4.02. The van der Waals surface area contributed by atoms with Crippen LogP contribution in [0.3, 0.4) is 0 Å². The van der Waals surface area contributed by atoms with Crippen LogP contribution in [0.1, 0.15) is 22.3 Å². The molecule has 0 amide bonds. The fourth-order valence-electron chi connectivity index (χ4n) is 1.73. The molecule has 2 rings (SSSR count). The molecule has 0 aliphatic carbocycles. The van der Waals surface area contributed by atoms with Crippen LogP contribution >= 0.6 is 15.9 Å². The smallest absolute Gasteiger partial charge is 0.173 e. The molecule has 1 N–H and O–H groups in total. The molecule has 0 aromatic heterocycles. The van der Waals surface area contributed by atoms with Crippen LogP contribution in [0.25, 0.3) is 0 Å². The fourth-order valence-corrected chi connectivity index (χ4v) is 2.05. The summed E-state index contributed by atoms with van der Waals surface area (Å²) in [6, 6.07) is 5.90. The maximum atomic E-state index is 11.4. The maximum absolute atomic E-state index is 11.4. The van der Waals surface area contributed by atoms with E-state index >= 15 is 0 Å². The number of carbonyl (C=O) groups is 1. The van der Waals surface area contributed by atoms with E-state index in [4.69, 9.17) is 0 Å². The van der Waals surface area contributed by atoms with Gasteiger partial charge in [0.1, 0.15) is 0 Å². The van der Waals surface area contributed by atoms with Gasteiger partial charge in [-0.25, -0.2) is 0 Å². The first-order chi connectivity index (χ1) is 6.81. The zero-order valence-corrected chi connectivity index (χ0v) is 9.43. The van der Waals surface area contributed by atoms with Crippen LogP contribution in [0.15, 0.2) is 18.2 Å². The lowest BCUT2D eigenvalue weighted by atomic mass is 9.99. The van der Waals surface area contributed by atoms with Crippen LogP contribution in [0.5, 0.6) is 0 Å². The summed E-state index contributed by atoms with van der Waals surface area (Å²) >= 11 is 3.18. The Morgan fingerprint density at radius 3 is 3.14 bits per heavy atom. The molecule has 74 valence electrons. The number of Topliss-reactive ketones (excluding diaryl/α,β-unsaturated/α-hetero) is 1. The Bertz CT molecular complexity index is 362. The van der Waals surface area contributed by atoms with Crippen molar-refractivity contribution in [1.82, 2.24) is 0 Å². The third-order valence-corrected chi connectivity index (χ3v) is 3.00. The molecule has 0 saturated carbocycles. The highest BCUT2D eigenvalue weighted by molar-refractivity contribution is 9.09. The van der Waals surface area contributed by atoms with E-state index in [1.807, 2.05) is 18.2 Å². The number of alkyl halides is 1. The predicted octanol–water partition coefficient (Wildman–Crippen LogP) is 2.62. The molecule has 1 aliphatic rings. The Morgan fingerprint density at radius 1 is 1.50 bits per heavy atom. The van der Waals surface area contributed by atoms with Crippen LogP contribution in [0.2, 0.25) is 0 Å². The van der Waals surface area contributed by atoms with Crippen molar-refractivity contribution < 1.29 is 4.79 Å². The highest BCUT2D eigenvalue weighted by atomic mass is 79.9. The number of hydrogen-bond acceptors (Lipinski definition) is 2. The molecular formula is C11H12BrNO. The van der Waals surface area contributed by atoms with Gasteiger partial charge in [-0.15, -0.1) is 0 Å². The van der Waals surface area contributed by atoms with Gasteiger partial charge in [0.25, 0.3) is 0 Å². The van der Waals surface area contributed by atoms with E-state index in [2.05, 4.69) is 21.2 Å². The molecule has 0 unspecified atom stereocenters. The monoisotopic (exact) mass is 253 g/mol. The lowest BCUT2D eigenvalue weighted by molar-refractivity contribution is 0.102. The quantitative estimate of drug-likeness (QED) is 0.649. The minimum atomic E-state index is 0.151. The van der Waals surface area contributed by atoms with Gasteiger partial charge in [-0.3, -0.25) is 4.79 Å². The Hall–Kier alpha value is -0.830. The largest absolute Gasteiger partial charge is 0.385 e.